The Kier molecular flexibility index (Phi) is 7.44. The first-order chi connectivity index (χ1) is 15.5. The molecular formula is C25H35N3O5. The molecule has 8 nitrogen and oxygen atoms in total. The minimum Gasteiger partial charge on any atom is -0.454 e. The maximum atomic E-state index is 13.1. The van der Waals surface area contributed by atoms with Crippen LogP contribution >= 0.6 is 0 Å². The first-order valence-electron chi connectivity index (χ1n) is 11.7. The second-order valence-electron chi connectivity index (χ2n) is 10.2. The van der Waals surface area contributed by atoms with E-state index in [0.717, 1.165) is 29.7 Å². The summed E-state index contributed by atoms with van der Waals surface area (Å²) in [4.78, 5) is 51.3. The van der Waals surface area contributed by atoms with Crippen molar-refractivity contribution in [2.24, 2.45) is 11.3 Å². The summed E-state index contributed by atoms with van der Waals surface area (Å²) in [6.07, 6.45) is 3.68. The van der Waals surface area contributed by atoms with Crippen LogP contribution in [0.2, 0.25) is 0 Å². The van der Waals surface area contributed by atoms with Crippen LogP contribution in [0.1, 0.15) is 71.4 Å². The van der Waals surface area contributed by atoms with E-state index in [-0.39, 0.29) is 23.3 Å². The molecule has 180 valence electrons. The molecule has 1 saturated heterocycles. The number of carbonyl (C=O) groups excluding carboxylic acids is 4. The van der Waals surface area contributed by atoms with Gasteiger partial charge in [-0.25, -0.2) is 4.79 Å². The second-order valence-corrected chi connectivity index (χ2v) is 10.2. The highest BCUT2D eigenvalue weighted by Gasteiger charge is 2.56. The maximum absolute atomic E-state index is 13.1. The largest absolute Gasteiger partial charge is 0.454 e. The quantitative estimate of drug-likeness (QED) is 0.460. The number of imide groups is 1. The summed E-state index contributed by atoms with van der Waals surface area (Å²) in [7, 11) is 0. The number of amides is 4. The lowest BCUT2D eigenvalue weighted by atomic mass is 9.64. The molecule has 0 aromatic heterocycles. The highest BCUT2D eigenvalue weighted by molar-refractivity contribution is 6.08. The number of nitrogens with zero attached hydrogens (tertiary/aromatic N) is 1. The molecule has 1 aromatic carbocycles. The zero-order valence-corrected chi connectivity index (χ0v) is 20.0. The SMILES string of the molecule is CCCC(NC(=O)COC(=O)CN1C(=O)NC2(CC(C)CC(C)(C)C2)C1=O)c1ccccc1. The molecule has 4 amide bonds. The molecule has 3 rings (SSSR count). The first-order valence-corrected chi connectivity index (χ1v) is 11.7. The van der Waals surface area contributed by atoms with Gasteiger partial charge < -0.3 is 15.4 Å². The second kappa shape index (κ2) is 9.93. The number of benzene rings is 1. The molecule has 2 N–H and O–H groups in total. The van der Waals surface area contributed by atoms with Gasteiger partial charge in [-0.15, -0.1) is 0 Å². The Balaban J connectivity index is 1.54. The zero-order valence-electron chi connectivity index (χ0n) is 20.0. The van der Waals surface area contributed by atoms with Gasteiger partial charge in [-0.2, -0.15) is 0 Å². The molecule has 1 saturated carbocycles. The fourth-order valence-electron chi connectivity index (χ4n) is 5.50. The molecular weight excluding hydrogens is 422 g/mol. The van der Waals surface area contributed by atoms with Crippen molar-refractivity contribution in [2.75, 3.05) is 13.2 Å². The van der Waals surface area contributed by atoms with Crippen LogP contribution in [0.5, 0.6) is 0 Å². The number of rotatable bonds is 8. The minimum absolute atomic E-state index is 0.0942. The average molecular weight is 458 g/mol. The van der Waals surface area contributed by atoms with Crippen LogP contribution in [-0.4, -0.2) is 47.4 Å². The van der Waals surface area contributed by atoms with Crippen molar-refractivity contribution in [2.45, 2.75) is 71.4 Å². The van der Waals surface area contributed by atoms with Crippen molar-refractivity contribution in [1.29, 1.82) is 0 Å². The lowest BCUT2D eigenvalue weighted by Gasteiger charge is -2.43. The molecule has 1 aliphatic carbocycles. The summed E-state index contributed by atoms with van der Waals surface area (Å²) in [6, 6.07) is 8.83. The number of hydrogen-bond donors (Lipinski definition) is 2. The van der Waals surface area contributed by atoms with Crippen molar-refractivity contribution >= 4 is 23.8 Å². The van der Waals surface area contributed by atoms with Crippen LogP contribution < -0.4 is 10.6 Å². The van der Waals surface area contributed by atoms with Crippen LogP contribution in [0.25, 0.3) is 0 Å². The first kappa shape index (κ1) is 24.7. The third kappa shape index (κ3) is 5.92. The molecule has 3 atom stereocenters. The van der Waals surface area contributed by atoms with Gasteiger partial charge in [0.25, 0.3) is 11.8 Å². The Morgan fingerprint density at radius 1 is 1.21 bits per heavy atom. The number of ether oxygens (including phenoxy) is 1. The standard InChI is InChI=1S/C25H35N3O5/c1-5-9-19(18-10-7-6-8-11-18)26-20(29)15-33-21(30)14-28-22(31)25(27-23(28)32)13-17(2)12-24(3,4)16-25/h6-8,10-11,17,19H,5,9,12-16H2,1-4H3,(H,26,29)(H,27,32). The van der Waals surface area contributed by atoms with Gasteiger partial charge in [-0.3, -0.25) is 19.3 Å². The Morgan fingerprint density at radius 3 is 2.55 bits per heavy atom. The van der Waals surface area contributed by atoms with Crippen molar-refractivity contribution in [3.8, 4) is 0 Å². The average Bonchev–Trinajstić information content (AvgIpc) is 2.94. The van der Waals surface area contributed by atoms with E-state index in [2.05, 4.69) is 31.4 Å². The molecule has 1 aromatic rings. The van der Waals surface area contributed by atoms with Gasteiger partial charge in [0.05, 0.1) is 6.04 Å². The molecule has 2 aliphatic rings. The van der Waals surface area contributed by atoms with Gasteiger partial charge in [0.15, 0.2) is 6.61 Å². The van der Waals surface area contributed by atoms with Gasteiger partial charge in [-0.05, 0) is 42.6 Å². The lowest BCUT2D eigenvalue weighted by Crippen LogP contribution is -2.54. The van der Waals surface area contributed by atoms with E-state index < -0.39 is 36.6 Å². The molecule has 0 radical (unpaired) electrons. The van der Waals surface area contributed by atoms with E-state index in [1.165, 1.54) is 0 Å². The molecule has 1 spiro atoms. The summed E-state index contributed by atoms with van der Waals surface area (Å²) < 4.78 is 5.09. The van der Waals surface area contributed by atoms with E-state index in [9.17, 15) is 19.2 Å². The van der Waals surface area contributed by atoms with E-state index >= 15 is 0 Å². The molecule has 3 unspecified atom stereocenters. The van der Waals surface area contributed by atoms with Crippen molar-refractivity contribution < 1.29 is 23.9 Å². The Labute approximate surface area is 195 Å². The molecule has 0 bridgehead atoms. The maximum Gasteiger partial charge on any atom is 0.326 e. The van der Waals surface area contributed by atoms with E-state index in [0.29, 0.717) is 12.8 Å². The predicted molar refractivity (Wildman–Crippen MR) is 123 cm³/mol. The topological polar surface area (TPSA) is 105 Å². The highest BCUT2D eigenvalue weighted by atomic mass is 16.5. The van der Waals surface area contributed by atoms with Crippen LogP contribution in [0.4, 0.5) is 4.79 Å². The summed E-state index contributed by atoms with van der Waals surface area (Å²) in [6.45, 7) is 7.29. The van der Waals surface area contributed by atoms with E-state index in [4.69, 9.17) is 4.74 Å². The number of carbonyl (C=O) groups is 4. The van der Waals surface area contributed by atoms with Gasteiger partial charge in [-0.1, -0.05) is 64.4 Å². The monoisotopic (exact) mass is 457 g/mol. The smallest absolute Gasteiger partial charge is 0.326 e. The van der Waals surface area contributed by atoms with Crippen LogP contribution in [0.15, 0.2) is 30.3 Å². The fourth-order valence-corrected chi connectivity index (χ4v) is 5.50. The molecule has 8 heteroatoms. The van der Waals surface area contributed by atoms with E-state index in [1.807, 2.05) is 37.3 Å². The Morgan fingerprint density at radius 2 is 1.91 bits per heavy atom. The molecule has 2 fully saturated rings. The van der Waals surface area contributed by atoms with E-state index in [1.54, 1.807) is 0 Å². The molecule has 1 aliphatic heterocycles. The normalized spacial score (nSPS) is 25.0. The van der Waals surface area contributed by atoms with Crippen molar-refractivity contribution in [3.63, 3.8) is 0 Å². The number of urea groups is 1. The molecule has 33 heavy (non-hydrogen) atoms. The van der Waals surface area contributed by atoms with Crippen LogP contribution in [0, 0.1) is 11.3 Å². The van der Waals surface area contributed by atoms with Gasteiger partial charge >= 0.3 is 12.0 Å². The van der Waals surface area contributed by atoms with Crippen molar-refractivity contribution in [1.82, 2.24) is 15.5 Å². The summed E-state index contributed by atoms with van der Waals surface area (Å²) in [5.74, 6) is -1.34. The third-order valence-corrected chi connectivity index (χ3v) is 6.39. The number of hydrogen-bond acceptors (Lipinski definition) is 5. The minimum atomic E-state index is -0.973. The highest BCUT2D eigenvalue weighted by Crippen LogP contribution is 2.46. The summed E-state index contributed by atoms with van der Waals surface area (Å²) in [5.41, 5.74) is -0.0876. The van der Waals surface area contributed by atoms with Crippen LogP contribution in [-0.2, 0) is 19.1 Å². The summed E-state index contributed by atoms with van der Waals surface area (Å²) >= 11 is 0. The molecule has 1 heterocycles. The van der Waals surface area contributed by atoms with Crippen molar-refractivity contribution in [3.05, 3.63) is 35.9 Å². The predicted octanol–water partition coefficient (Wildman–Crippen LogP) is 3.32. The lowest BCUT2D eigenvalue weighted by molar-refractivity contribution is -0.151. The fraction of sp³-hybridized carbons (Fsp3) is 0.600. The van der Waals surface area contributed by atoms with Crippen LogP contribution in [0.3, 0.4) is 0 Å². The van der Waals surface area contributed by atoms with Gasteiger partial charge in [0.2, 0.25) is 0 Å². The number of nitrogens with one attached hydrogen (secondary N) is 2. The van der Waals surface area contributed by atoms with Gasteiger partial charge in [0, 0.05) is 0 Å². The third-order valence-electron chi connectivity index (χ3n) is 6.39. The zero-order chi connectivity index (χ0) is 24.2. The Hall–Kier alpha value is -2.90. The van der Waals surface area contributed by atoms with Gasteiger partial charge in [0.1, 0.15) is 12.1 Å². The Bertz CT molecular complexity index is 901. The summed E-state index contributed by atoms with van der Waals surface area (Å²) in [5, 5.41) is 5.72. The number of esters is 1.